The molecule has 6 aromatic carbocycles. The lowest BCUT2D eigenvalue weighted by molar-refractivity contribution is -0.275. The molecule has 0 saturated carbocycles. The van der Waals surface area contributed by atoms with Gasteiger partial charge in [0.15, 0.2) is 6.23 Å². The lowest BCUT2D eigenvalue weighted by atomic mass is 10.0. The van der Waals surface area contributed by atoms with Crippen molar-refractivity contribution in [3.8, 4) is 17.2 Å². The summed E-state index contributed by atoms with van der Waals surface area (Å²) in [7, 11) is 1.61. The molecule has 0 aliphatic carbocycles. The first-order valence-corrected chi connectivity index (χ1v) is 32.3. The molecule has 31 heteroatoms. The number of carbonyl (C=O) groups excluding carboxylic acids is 3. The highest BCUT2D eigenvalue weighted by Gasteiger charge is 2.46. The Hall–Kier alpha value is -7.25. The molecule has 512 valence electrons. The number of piperidine rings is 1. The number of carbonyl (C=O) groups is 3. The number of nitrogens with one attached hydrogen (secondary N) is 2. The summed E-state index contributed by atoms with van der Waals surface area (Å²) >= 11 is 29.0. The SMILES string of the molecule is COC1C(N2CCC(Nc3ccc(OC(F)(F)F)cc3)CC2)CC(=O)N1c1ccc(Cl)cc1.O=C1C(N2CCN(c3ccc(OC(F)(F)F)cc3)CC2)CC(=S)N1c1ccc(Cl)cc1.O=C1CC(N2CCN(Nc3ccc(OC(F)(F)F)cc3)CC2)C(=S)N1c1ccc(Cl)cc1. The number of likely N-dealkylation sites (tertiary alicyclic amines) is 1. The molecule has 0 spiro atoms. The Morgan fingerprint density at radius 1 is 0.458 bits per heavy atom. The van der Waals surface area contributed by atoms with E-state index in [4.69, 9.17) is 64.0 Å². The summed E-state index contributed by atoms with van der Waals surface area (Å²) in [6.45, 7) is 6.85. The van der Waals surface area contributed by atoms with E-state index in [2.05, 4.69) is 44.6 Å². The molecule has 0 radical (unpaired) electrons. The van der Waals surface area contributed by atoms with E-state index in [0.717, 1.165) is 43.0 Å². The van der Waals surface area contributed by atoms with Crippen LogP contribution in [0.2, 0.25) is 15.1 Å². The van der Waals surface area contributed by atoms with Crippen LogP contribution < -0.4 is 44.6 Å². The third-order valence-corrected chi connectivity index (χ3v) is 18.3. The van der Waals surface area contributed by atoms with Gasteiger partial charge in [0.1, 0.15) is 22.2 Å². The second kappa shape index (κ2) is 31.1. The van der Waals surface area contributed by atoms with Gasteiger partial charge in [0.05, 0.1) is 23.1 Å². The molecule has 0 aromatic heterocycles. The van der Waals surface area contributed by atoms with E-state index in [9.17, 15) is 53.9 Å². The number of methoxy groups -OCH3 is 1. The van der Waals surface area contributed by atoms with Crippen molar-refractivity contribution in [1.29, 1.82) is 0 Å². The smallest absolute Gasteiger partial charge is 0.406 e. The lowest BCUT2D eigenvalue weighted by Crippen LogP contribution is -2.53. The molecule has 12 rings (SSSR count). The Bertz CT molecular complexity index is 3650. The van der Waals surface area contributed by atoms with Crippen LogP contribution in [0.4, 0.5) is 73.6 Å². The van der Waals surface area contributed by atoms with Crippen molar-refractivity contribution in [3.05, 3.63) is 161 Å². The van der Waals surface area contributed by atoms with Crippen molar-refractivity contribution in [2.45, 2.75) is 81.6 Å². The quantitative estimate of drug-likeness (QED) is 0.0744. The molecular weight excluding hydrogens is 1370 g/mol. The van der Waals surface area contributed by atoms with Crippen LogP contribution in [0.1, 0.15) is 32.1 Å². The number of alkyl halides is 9. The first-order valence-electron chi connectivity index (χ1n) is 30.3. The maximum Gasteiger partial charge on any atom is 0.573 e. The number of benzene rings is 6. The molecule has 4 unspecified atom stereocenters. The van der Waals surface area contributed by atoms with Crippen LogP contribution in [-0.2, 0) is 19.1 Å². The molecule has 6 fully saturated rings. The van der Waals surface area contributed by atoms with Gasteiger partial charge in [-0.25, -0.2) is 5.01 Å². The predicted molar refractivity (Wildman–Crippen MR) is 356 cm³/mol. The van der Waals surface area contributed by atoms with Crippen LogP contribution in [-0.4, -0.2) is 169 Å². The maximum atomic E-state index is 13.0. The van der Waals surface area contributed by atoms with E-state index in [1.54, 1.807) is 107 Å². The molecule has 6 saturated heterocycles. The molecule has 6 aliphatic rings. The predicted octanol–water partition coefficient (Wildman–Crippen LogP) is 13.7. The van der Waals surface area contributed by atoms with Crippen LogP contribution in [0.5, 0.6) is 17.2 Å². The van der Waals surface area contributed by atoms with E-state index in [-0.39, 0.29) is 65.4 Å². The third-order valence-electron chi connectivity index (χ3n) is 16.8. The Morgan fingerprint density at radius 2 is 0.885 bits per heavy atom. The highest BCUT2D eigenvalue weighted by atomic mass is 35.5. The minimum absolute atomic E-state index is 0.00980. The van der Waals surface area contributed by atoms with Gasteiger partial charge in [0.2, 0.25) is 17.7 Å². The topological polar surface area (TPSA) is 138 Å². The minimum atomic E-state index is -4.71. The largest absolute Gasteiger partial charge is 0.573 e. The van der Waals surface area contributed by atoms with Gasteiger partial charge < -0.3 is 34.6 Å². The number of piperazine rings is 2. The van der Waals surface area contributed by atoms with Gasteiger partial charge >= 0.3 is 19.1 Å². The summed E-state index contributed by atoms with van der Waals surface area (Å²) in [5, 5.41) is 7.14. The summed E-state index contributed by atoms with van der Waals surface area (Å²) in [5.74, 6) is -0.835. The molecule has 6 heterocycles. The van der Waals surface area contributed by atoms with Crippen LogP contribution in [0.15, 0.2) is 146 Å². The third kappa shape index (κ3) is 18.9. The van der Waals surface area contributed by atoms with Gasteiger partial charge in [-0.05, 0) is 158 Å². The molecule has 17 nitrogen and oxygen atoms in total. The molecule has 6 aliphatic heterocycles. The molecule has 0 bridgehead atoms. The number of hydrogen-bond donors (Lipinski definition) is 2. The number of hydrogen-bond acceptors (Lipinski definition) is 16. The first kappa shape index (κ1) is 71.5. The van der Waals surface area contributed by atoms with Crippen molar-refractivity contribution in [3.63, 3.8) is 0 Å². The monoisotopic (exact) mass is 1440 g/mol. The fourth-order valence-electron chi connectivity index (χ4n) is 12.3. The van der Waals surface area contributed by atoms with Gasteiger partial charge in [-0.15, -0.1) is 39.5 Å². The number of halogens is 12. The zero-order valence-electron chi connectivity index (χ0n) is 51.1. The molecular formula is C65H64Cl3F9N10O7S2. The summed E-state index contributed by atoms with van der Waals surface area (Å²) < 4.78 is 128. The number of rotatable bonds is 15. The van der Waals surface area contributed by atoms with Crippen molar-refractivity contribution >= 4 is 121 Å². The molecule has 6 aromatic rings. The number of hydrazine groups is 1. The van der Waals surface area contributed by atoms with E-state index in [1.807, 2.05) is 17.1 Å². The average Bonchev–Trinajstić information content (AvgIpc) is 1.66. The number of amides is 3. The number of nitrogens with zero attached hydrogens (tertiary/aromatic N) is 8. The standard InChI is InChI=1S/C23H25ClF3N3O3.C21H20ClF3N4O2S.C21H19ClF3N3O2S/c1-32-22-20(14-21(31)30(22)18-6-2-15(24)3-7-18)29-12-10-17(11-13-29)28-16-4-8-19(9-5-16)33-23(25,26)27;22-14-1-5-16(6-2-14)29-19(30)13-18(20(29)32)27-9-11-28(12-10-27)26-15-3-7-17(8-4-15)31-21(23,24)25;22-14-1-3-16(4-2-14)28-19(31)13-18(20(28)29)27-11-9-26(10-12-27)15-5-7-17(8-6-15)30-21(23,24)25/h2-9,17,20,22,28H,10-14H2,1H3;1-8,18,26H,9-13H2;1-8,18H,9-13H2. The molecule has 2 N–H and O–H groups in total. The average molecular weight is 1440 g/mol. The first-order chi connectivity index (χ1) is 45.6. The van der Waals surface area contributed by atoms with Crippen LogP contribution in [0.3, 0.4) is 0 Å². The molecule has 96 heavy (non-hydrogen) atoms. The fourth-order valence-corrected chi connectivity index (χ4v) is 13.4. The van der Waals surface area contributed by atoms with Gasteiger partial charge in [0.25, 0.3) is 0 Å². The normalized spacial score (nSPS) is 21.2. The van der Waals surface area contributed by atoms with Gasteiger partial charge in [-0.3, -0.25) is 43.8 Å². The Labute approximate surface area is 572 Å². The lowest BCUT2D eigenvalue weighted by Gasteiger charge is -2.39. The van der Waals surface area contributed by atoms with Crippen LogP contribution in [0.25, 0.3) is 0 Å². The Kier molecular flexibility index (Phi) is 23.2. The number of anilines is 6. The van der Waals surface area contributed by atoms with Crippen molar-refractivity contribution < 1.29 is 72.8 Å². The fraction of sp³-hybridized carbons (Fsp3) is 0.369. The van der Waals surface area contributed by atoms with Crippen molar-refractivity contribution in [2.75, 3.05) is 103 Å². The second-order valence-corrected chi connectivity index (χ2v) is 25.2. The van der Waals surface area contributed by atoms with Crippen molar-refractivity contribution in [1.82, 2.24) is 19.7 Å². The van der Waals surface area contributed by atoms with E-state index in [0.29, 0.717) is 114 Å². The summed E-state index contributed by atoms with van der Waals surface area (Å²) in [4.78, 5) is 53.1. The maximum absolute atomic E-state index is 13.0. The summed E-state index contributed by atoms with van der Waals surface area (Å²) in [5.41, 5.74) is 7.58. The van der Waals surface area contributed by atoms with Gasteiger partial charge in [-0.1, -0.05) is 59.2 Å². The number of ether oxygens (including phenoxy) is 4. The second-order valence-electron chi connectivity index (χ2n) is 23.0. The van der Waals surface area contributed by atoms with E-state index >= 15 is 0 Å². The zero-order chi connectivity index (χ0) is 68.6. The molecule has 4 atom stereocenters. The Morgan fingerprint density at radius 3 is 1.36 bits per heavy atom. The van der Waals surface area contributed by atoms with Gasteiger partial charge in [-0.2, -0.15) is 0 Å². The summed E-state index contributed by atoms with van der Waals surface area (Å²) in [6, 6.07) is 38.0. The highest BCUT2D eigenvalue weighted by molar-refractivity contribution is 7.81. The van der Waals surface area contributed by atoms with Crippen LogP contribution in [0, 0.1) is 0 Å². The Balaban J connectivity index is 0.000000157. The zero-order valence-corrected chi connectivity index (χ0v) is 55.0. The minimum Gasteiger partial charge on any atom is -0.406 e. The van der Waals surface area contributed by atoms with Crippen LogP contribution >= 0.6 is 59.2 Å². The van der Waals surface area contributed by atoms with E-state index < -0.39 is 19.1 Å². The summed E-state index contributed by atoms with van der Waals surface area (Å²) in [6.07, 6.45) is -11.6. The number of thiocarbonyl (C=S) groups is 2. The van der Waals surface area contributed by atoms with Crippen molar-refractivity contribution in [2.24, 2.45) is 0 Å². The molecule has 3 amide bonds. The van der Waals surface area contributed by atoms with Gasteiger partial charge in [0, 0.05) is 147 Å². The van der Waals surface area contributed by atoms with E-state index in [1.165, 1.54) is 48.5 Å². The highest BCUT2D eigenvalue weighted by Crippen LogP contribution is 2.36.